The normalized spacial score (nSPS) is 16.5. The van der Waals surface area contributed by atoms with Gasteiger partial charge in [0.15, 0.2) is 0 Å². The van der Waals surface area contributed by atoms with Gasteiger partial charge in [0.05, 0.1) is 12.7 Å². The molecule has 1 aliphatic heterocycles. The number of hydrogen-bond donors (Lipinski definition) is 1. The van der Waals surface area contributed by atoms with Crippen LogP contribution in [0.3, 0.4) is 0 Å². The smallest absolute Gasteiger partial charge is 0.139 e. The molecule has 3 nitrogen and oxygen atoms in total. The Kier molecular flexibility index (Phi) is 5.55. The third kappa shape index (κ3) is 5.13. The average Bonchev–Trinajstić information content (AvgIpc) is 2.40. The Labute approximate surface area is 115 Å². The zero-order valence-corrected chi connectivity index (χ0v) is 11.7. The van der Waals surface area contributed by atoms with Gasteiger partial charge in [-0.2, -0.15) is 0 Å². The van der Waals surface area contributed by atoms with Crippen molar-refractivity contribution in [2.75, 3.05) is 19.7 Å². The highest BCUT2D eigenvalue weighted by atomic mass is 16.5. The van der Waals surface area contributed by atoms with E-state index in [0.717, 1.165) is 31.5 Å². The molecule has 0 aliphatic carbocycles. The van der Waals surface area contributed by atoms with E-state index in [9.17, 15) is 4.79 Å². The number of nitrogens with one attached hydrogen (secondary N) is 1. The molecule has 0 amide bonds. The van der Waals surface area contributed by atoms with E-state index in [1.54, 1.807) is 0 Å². The zero-order chi connectivity index (χ0) is 13.5. The van der Waals surface area contributed by atoms with E-state index in [2.05, 4.69) is 11.4 Å². The summed E-state index contributed by atoms with van der Waals surface area (Å²) < 4.78 is 5.75. The van der Waals surface area contributed by atoms with Crippen molar-refractivity contribution in [2.45, 2.75) is 38.7 Å². The van der Waals surface area contributed by atoms with Gasteiger partial charge >= 0.3 is 0 Å². The summed E-state index contributed by atoms with van der Waals surface area (Å²) in [5.41, 5.74) is 2.31. The molecule has 0 aromatic heterocycles. The van der Waals surface area contributed by atoms with E-state index < -0.39 is 0 Å². The highest BCUT2D eigenvalue weighted by Gasteiger charge is 2.13. The molecule has 0 unspecified atom stereocenters. The number of hydrogen-bond acceptors (Lipinski definition) is 3. The second-order valence-corrected chi connectivity index (χ2v) is 5.27. The first-order valence-electron chi connectivity index (χ1n) is 7.13. The van der Waals surface area contributed by atoms with Gasteiger partial charge in [-0.3, -0.25) is 4.79 Å². The molecule has 1 heterocycles. The van der Waals surface area contributed by atoms with Crippen molar-refractivity contribution in [3.63, 3.8) is 0 Å². The number of benzene rings is 1. The van der Waals surface area contributed by atoms with Gasteiger partial charge in [0.25, 0.3) is 0 Å². The van der Waals surface area contributed by atoms with Crippen LogP contribution in [0.1, 0.15) is 30.4 Å². The van der Waals surface area contributed by atoms with Crippen LogP contribution >= 0.6 is 0 Å². The fourth-order valence-electron chi connectivity index (χ4n) is 2.44. The molecule has 0 saturated carbocycles. The first kappa shape index (κ1) is 14.2. The number of carbonyl (C=O) groups excluding carboxylic acids is 1. The predicted octanol–water partition coefficient (Wildman–Crippen LogP) is 2.27. The Hall–Kier alpha value is -1.19. The monoisotopic (exact) mass is 261 g/mol. The second kappa shape index (κ2) is 7.41. The predicted molar refractivity (Wildman–Crippen MR) is 76.4 cm³/mol. The van der Waals surface area contributed by atoms with Gasteiger partial charge in [-0.25, -0.2) is 0 Å². The largest absolute Gasteiger partial charge is 0.378 e. The molecule has 1 fully saturated rings. The summed E-state index contributed by atoms with van der Waals surface area (Å²) in [5, 5.41) is 3.30. The highest BCUT2D eigenvalue weighted by Crippen LogP contribution is 2.09. The van der Waals surface area contributed by atoms with E-state index in [1.807, 2.05) is 25.1 Å². The van der Waals surface area contributed by atoms with Gasteiger partial charge in [-0.1, -0.05) is 29.8 Å². The van der Waals surface area contributed by atoms with Crippen molar-refractivity contribution >= 4 is 5.78 Å². The molecule has 0 spiro atoms. The van der Waals surface area contributed by atoms with Crippen molar-refractivity contribution in [1.29, 1.82) is 0 Å². The first-order valence-corrected chi connectivity index (χ1v) is 7.13. The zero-order valence-electron chi connectivity index (χ0n) is 11.7. The molecule has 1 aliphatic rings. The number of carbonyl (C=O) groups is 1. The molecule has 1 aromatic carbocycles. The summed E-state index contributed by atoms with van der Waals surface area (Å²) in [7, 11) is 0. The van der Waals surface area contributed by atoms with Gasteiger partial charge in [0.1, 0.15) is 5.78 Å². The van der Waals surface area contributed by atoms with Crippen LogP contribution in [-0.2, 0) is 16.0 Å². The minimum absolute atomic E-state index is 0.263. The van der Waals surface area contributed by atoms with Gasteiger partial charge in [-0.15, -0.1) is 0 Å². The molecule has 104 valence electrons. The summed E-state index contributed by atoms with van der Waals surface area (Å²) in [5.74, 6) is 0.263. The minimum Gasteiger partial charge on any atom is -0.378 e. The standard InChI is InChI=1S/C16H23NO2/c1-13-3-2-4-14(11-13)12-15(18)7-10-19-16-5-8-17-9-6-16/h2-4,11,16-17H,5-10,12H2,1H3. The average molecular weight is 261 g/mol. The molecule has 1 saturated heterocycles. The maximum Gasteiger partial charge on any atom is 0.139 e. The van der Waals surface area contributed by atoms with Crippen LogP contribution in [0.25, 0.3) is 0 Å². The summed E-state index contributed by atoms with van der Waals surface area (Å²) in [6, 6.07) is 8.14. The molecule has 19 heavy (non-hydrogen) atoms. The lowest BCUT2D eigenvalue weighted by atomic mass is 10.1. The van der Waals surface area contributed by atoms with Crippen molar-refractivity contribution in [3.8, 4) is 0 Å². The van der Waals surface area contributed by atoms with Crippen LogP contribution in [0, 0.1) is 6.92 Å². The minimum atomic E-state index is 0.263. The highest BCUT2D eigenvalue weighted by molar-refractivity contribution is 5.80. The van der Waals surface area contributed by atoms with Crippen LogP contribution in [0.5, 0.6) is 0 Å². The number of rotatable bonds is 6. The number of aryl methyl sites for hydroxylation is 1. The maximum atomic E-state index is 11.9. The van der Waals surface area contributed by atoms with Gasteiger partial charge in [-0.05, 0) is 38.4 Å². The van der Waals surface area contributed by atoms with Crippen LogP contribution < -0.4 is 5.32 Å². The Morgan fingerprint density at radius 1 is 1.37 bits per heavy atom. The molecule has 2 rings (SSSR count). The number of ether oxygens (including phenoxy) is 1. The topological polar surface area (TPSA) is 38.3 Å². The summed E-state index contributed by atoms with van der Waals surface area (Å²) in [6.45, 7) is 4.67. The summed E-state index contributed by atoms with van der Waals surface area (Å²) >= 11 is 0. The SMILES string of the molecule is Cc1cccc(CC(=O)CCOC2CCNCC2)c1. The first-order chi connectivity index (χ1) is 9.24. The molecule has 1 aromatic rings. The molecule has 1 N–H and O–H groups in total. The third-order valence-corrected chi connectivity index (χ3v) is 3.50. The molecular formula is C16H23NO2. The maximum absolute atomic E-state index is 11.9. The van der Waals surface area contributed by atoms with Crippen LogP contribution in [0.4, 0.5) is 0 Å². The molecule has 0 atom stereocenters. The Morgan fingerprint density at radius 3 is 2.89 bits per heavy atom. The fourth-order valence-corrected chi connectivity index (χ4v) is 2.44. The summed E-state index contributed by atoms with van der Waals surface area (Å²) in [6.07, 6.45) is 3.51. The van der Waals surface area contributed by atoms with E-state index in [4.69, 9.17) is 4.74 Å². The third-order valence-electron chi connectivity index (χ3n) is 3.50. The van der Waals surface area contributed by atoms with Crippen LogP contribution in [-0.4, -0.2) is 31.6 Å². The van der Waals surface area contributed by atoms with Crippen molar-refractivity contribution in [3.05, 3.63) is 35.4 Å². The van der Waals surface area contributed by atoms with Crippen molar-refractivity contribution in [2.24, 2.45) is 0 Å². The molecule has 0 radical (unpaired) electrons. The molecule has 0 bridgehead atoms. The molecular weight excluding hydrogens is 238 g/mol. The second-order valence-electron chi connectivity index (χ2n) is 5.27. The van der Waals surface area contributed by atoms with Gasteiger partial charge in [0.2, 0.25) is 0 Å². The fraction of sp³-hybridized carbons (Fsp3) is 0.562. The van der Waals surface area contributed by atoms with Crippen molar-refractivity contribution < 1.29 is 9.53 Å². The summed E-state index contributed by atoms with van der Waals surface area (Å²) in [4.78, 5) is 11.9. The Morgan fingerprint density at radius 2 is 2.16 bits per heavy atom. The van der Waals surface area contributed by atoms with E-state index in [0.29, 0.717) is 25.6 Å². The van der Waals surface area contributed by atoms with Crippen LogP contribution in [0.2, 0.25) is 0 Å². The Balaban J connectivity index is 1.67. The van der Waals surface area contributed by atoms with Crippen LogP contribution in [0.15, 0.2) is 24.3 Å². The number of Topliss-reactive ketones (excluding diaryl/α,β-unsaturated/α-hetero) is 1. The van der Waals surface area contributed by atoms with Gasteiger partial charge < -0.3 is 10.1 Å². The number of piperidine rings is 1. The van der Waals surface area contributed by atoms with E-state index in [1.165, 1.54) is 5.56 Å². The Bertz CT molecular complexity index is 411. The number of ketones is 1. The lowest BCUT2D eigenvalue weighted by Gasteiger charge is -2.22. The quantitative estimate of drug-likeness (QED) is 0.853. The van der Waals surface area contributed by atoms with Crippen molar-refractivity contribution in [1.82, 2.24) is 5.32 Å². The lowest BCUT2D eigenvalue weighted by Crippen LogP contribution is -2.32. The lowest BCUT2D eigenvalue weighted by molar-refractivity contribution is -0.120. The van der Waals surface area contributed by atoms with E-state index in [-0.39, 0.29) is 5.78 Å². The van der Waals surface area contributed by atoms with E-state index >= 15 is 0 Å². The van der Waals surface area contributed by atoms with Gasteiger partial charge in [0, 0.05) is 12.8 Å². The molecule has 3 heteroatoms.